The van der Waals surface area contributed by atoms with E-state index in [0.29, 0.717) is 13.0 Å². The lowest BCUT2D eigenvalue weighted by molar-refractivity contribution is -0.116. The maximum atomic E-state index is 12.0. The number of ether oxygens (including phenoxy) is 2. The molecule has 6 nitrogen and oxygen atoms in total. The van der Waals surface area contributed by atoms with Crippen LogP contribution in [0.3, 0.4) is 0 Å². The first-order chi connectivity index (χ1) is 12.4. The first-order valence-corrected chi connectivity index (χ1v) is 8.32. The van der Waals surface area contributed by atoms with E-state index in [1.54, 1.807) is 0 Å². The van der Waals surface area contributed by atoms with Crippen LogP contribution in [0.5, 0.6) is 11.5 Å². The Morgan fingerprint density at radius 2 is 1.81 bits per heavy atom. The van der Waals surface area contributed by atoms with Crippen LogP contribution in [0.1, 0.15) is 34.3 Å². The molecule has 0 aliphatic heterocycles. The number of phenols is 1. The van der Waals surface area contributed by atoms with Crippen molar-refractivity contribution >= 4 is 17.6 Å². The second-order valence-corrected chi connectivity index (χ2v) is 5.94. The van der Waals surface area contributed by atoms with Crippen molar-refractivity contribution in [3.05, 3.63) is 53.1 Å². The van der Waals surface area contributed by atoms with Gasteiger partial charge in [-0.2, -0.15) is 0 Å². The van der Waals surface area contributed by atoms with Gasteiger partial charge >= 0.3 is 5.97 Å². The molecule has 0 atom stereocenters. The molecule has 6 heteroatoms. The van der Waals surface area contributed by atoms with Crippen molar-refractivity contribution < 1.29 is 24.2 Å². The van der Waals surface area contributed by atoms with Gasteiger partial charge in [0.15, 0.2) is 0 Å². The summed E-state index contributed by atoms with van der Waals surface area (Å²) < 4.78 is 10.3. The van der Waals surface area contributed by atoms with Crippen molar-refractivity contribution in [2.24, 2.45) is 0 Å². The summed E-state index contributed by atoms with van der Waals surface area (Å²) in [4.78, 5) is 23.4. The maximum Gasteiger partial charge on any atom is 0.337 e. The van der Waals surface area contributed by atoms with Gasteiger partial charge in [-0.1, -0.05) is 18.2 Å². The van der Waals surface area contributed by atoms with Crippen molar-refractivity contribution in [1.82, 2.24) is 0 Å². The van der Waals surface area contributed by atoms with Gasteiger partial charge in [0.1, 0.15) is 11.5 Å². The average molecular weight is 357 g/mol. The first kappa shape index (κ1) is 19.3. The smallest absolute Gasteiger partial charge is 0.337 e. The van der Waals surface area contributed by atoms with E-state index in [4.69, 9.17) is 4.74 Å². The Labute approximate surface area is 152 Å². The van der Waals surface area contributed by atoms with Crippen molar-refractivity contribution in [2.75, 3.05) is 19.0 Å². The largest absolute Gasteiger partial charge is 0.506 e. The standard InChI is InChI=1S/C20H23NO5/c1-13-6-4-7-14(2)19(13)26-11-5-8-18(23)21-16-10-9-15(12-17(16)22)20(24)25-3/h4,6-7,9-10,12,22H,5,8,11H2,1-3H3,(H,21,23). The summed E-state index contributed by atoms with van der Waals surface area (Å²) in [6.45, 7) is 4.39. The third-order valence-electron chi connectivity index (χ3n) is 3.90. The summed E-state index contributed by atoms with van der Waals surface area (Å²) in [6.07, 6.45) is 0.795. The van der Waals surface area contributed by atoms with Crippen LogP contribution in [-0.4, -0.2) is 30.7 Å². The van der Waals surface area contributed by atoms with E-state index < -0.39 is 5.97 Å². The number of benzene rings is 2. The predicted molar refractivity (Wildman–Crippen MR) is 98.7 cm³/mol. The van der Waals surface area contributed by atoms with Gasteiger partial charge in [0.2, 0.25) is 5.91 Å². The predicted octanol–water partition coefficient (Wildman–Crippen LogP) is 3.59. The highest BCUT2D eigenvalue weighted by Gasteiger charge is 2.11. The third kappa shape index (κ3) is 4.99. The fourth-order valence-electron chi connectivity index (χ4n) is 2.53. The minimum atomic E-state index is -0.554. The number of para-hydroxylation sites is 1. The highest BCUT2D eigenvalue weighted by Crippen LogP contribution is 2.25. The fourth-order valence-corrected chi connectivity index (χ4v) is 2.53. The number of amides is 1. The van der Waals surface area contributed by atoms with E-state index >= 15 is 0 Å². The number of anilines is 1. The number of phenolic OH excluding ortho intramolecular Hbond substituents is 1. The van der Waals surface area contributed by atoms with Gasteiger partial charge in [-0.15, -0.1) is 0 Å². The summed E-state index contributed by atoms with van der Waals surface area (Å²) in [6, 6.07) is 10.1. The normalized spacial score (nSPS) is 10.3. The van der Waals surface area contributed by atoms with Gasteiger partial charge in [0.05, 0.1) is 25.0 Å². The lowest BCUT2D eigenvalue weighted by Gasteiger charge is -2.12. The molecule has 0 unspecified atom stereocenters. The molecular formula is C20H23NO5. The van der Waals surface area contributed by atoms with Crippen molar-refractivity contribution in [1.29, 1.82) is 0 Å². The Hall–Kier alpha value is -3.02. The number of aryl methyl sites for hydroxylation is 2. The highest BCUT2D eigenvalue weighted by atomic mass is 16.5. The van der Waals surface area contributed by atoms with E-state index in [9.17, 15) is 14.7 Å². The van der Waals surface area contributed by atoms with Crippen LogP contribution in [0.15, 0.2) is 36.4 Å². The van der Waals surface area contributed by atoms with Crippen LogP contribution >= 0.6 is 0 Å². The van der Waals surface area contributed by atoms with E-state index in [-0.39, 0.29) is 29.3 Å². The van der Waals surface area contributed by atoms with Crippen molar-refractivity contribution in [2.45, 2.75) is 26.7 Å². The SMILES string of the molecule is COC(=O)c1ccc(NC(=O)CCCOc2c(C)cccc2C)c(O)c1. The molecule has 2 rings (SSSR count). The number of carbonyl (C=O) groups excluding carboxylic acids is 2. The van der Waals surface area contributed by atoms with Gasteiger partial charge < -0.3 is 19.9 Å². The zero-order valence-corrected chi connectivity index (χ0v) is 15.2. The van der Waals surface area contributed by atoms with E-state index in [2.05, 4.69) is 10.1 Å². The summed E-state index contributed by atoms with van der Waals surface area (Å²) in [5.41, 5.74) is 2.58. The van der Waals surface area contributed by atoms with Gasteiger partial charge in [-0.3, -0.25) is 4.79 Å². The molecule has 0 aliphatic carbocycles. The summed E-state index contributed by atoms with van der Waals surface area (Å²) in [5, 5.41) is 12.5. The van der Waals surface area contributed by atoms with E-state index in [0.717, 1.165) is 16.9 Å². The molecule has 0 spiro atoms. The molecule has 1 amide bonds. The number of esters is 1. The number of carbonyl (C=O) groups is 2. The molecular weight excluding hydrogens is 334 g/mol. The van der Waals surface area contributed by atoms with Crippen LogP contribution in [0.4, 0.5) is 5.69 Å². The first-order valence-electron chi connectivity index (χ1n) is 8.32. The second-order valence-electron chi connectivity index (χ2n) is 5.94. The molecule has 0 aliphatic rings. The van der Waals surface area contributed by atoms with E-state index in [1.807, 2.05) is 32.0 Å². The van der Waals surface area contributed by atoms with Crippen LogP contribution in [0.25, 0.3) is 0 Å². The van der Waals surface area contributed by atoms with Crippen LogP contribution in [0, 0.1) is 13.8 Å². The summed E-state index contributed by atoms with van der Waals surface area (Å²) >= 11 is 0. The molecule has 0 aromatic heterocycles. The fraction of sp³-hybridized carbons (Fsp3) is 0.300. The Morgan fingerprint density at radius 3 is 2.42 bits per heavy atom. The molecule has 2 N–H and O–H groups in total. The lowest BCUT2D eigenvalue weighted by atomic mass is 10.1. The van der Waals surface area contributed by atoms with Gasteiger partial charge in [0.25, 0.3) is 0 Å². The molecule has 0 bridgehead atoms. The molecule has 0 fully saturated rings. The number of nitrogens with one attached hydrogen (secondary N) is 1. The van der Waals surface area contributed by atoms with Crippen molar-refractivity contribution in [3.63, 3.8) is 0 Å². The van der Waals surface area contributed by atoms with Crippen LogP contribution < -0.4 is 10.1 Å². The number of hydrogen-bond acceptors (Lipinski definition) is 5. The van der Waals surface area contributed by atoms with Crippen LogP contribution in [-0.2, 0) is 9.53 Å². The highest BCUT2D eigenvalue weighted by molar-refractivity contribution is 5.94. The number of aromatic hydroxyl groups is 1. The van der Waals surface area contributed by atoms with Gasteiger partial charge in [0, 0.05) is 6.42 Å². The van der Waals surface area contributed by atoms with E-state index in [1.165, 1.54) is 25.3 Å². The number of methoxy groups -OCH3 is 1. The Bertz CT molecular complexity index is 781. The molecule has 138 valence electrons. The molecule has 2 aromatic rings. The molecule has 2 aromatic carbocycles. The third-order valence-corrected chi connectivity index (χ3v) is 3.90. The maximum absolute atomic E-state index is 12.0. The zero-order chi connectivity index (χ0) is 19.1. The summed E-state index contributed by atoms with van der Waals surface area (Å²) in [7, 11) is 1.26. The number of rotatable bonds is 7. The quantitative estimate of drug-likeness (QED) is 0.449. The summed E-state index contributed by atoms with van der Waals surface area (Å²) in [5.74, 6) is -0.130. The Balaban J connectivity index is 1.83. The molecule has 0 saturated heterocycles. The molecule has 0 saturated carbocycles. The minimum Gasteiger partial charge on any atom is -0.506 e. The lowest BCUT2D eigenvalue weighted by Crippen LogP contribution is -2.13. The minimum absolute atomic E-state index is 0.187. The molecule has 0 radical (unpaired) electrons. The van der Waals surface area contributed by atoms with Crippen LogP contribution in [0.2, 0.25) is 0 Å². The topological polar surface area (TPSA) is 84.9 Å². The molecule has 0 heterocycles. The second kappa shape index (κ2) is 8.89. The zero-order valence-electron chi connectivity index (χ0n) is 15.2. The Morgan fingerprint density at radius 1 is 1.12 bits per heavy atom. The average Bonchev–Trinajstić information content (AvgIpc) is 2.61. The monoisotopic (exact) mass is 357 g/mol. The Kier molecular flexibility index (Phi) is 6.60. The van der Waals surface area contributed by atoms with Gasteiger partial charge in [-0.05, 0) is 49.6 Å². The number of hydrogen-bond donors (Lipinski definition) is 2. The van der Waals surface area contributed by atoms with Gasteiger partial charge in [-0.25, -0.2) is 4.79 Å². The van der Waals surface area contributed by atoms with Crippen molar-refractivity contribution in [3.8, 4) is 11.5 Å². The molecule has 26 heavy (non-hydrogen) atoms.